The maximum absolute atomic E-state index is 14.4. The van der Waals surface area contributed by atoms with E-state index in [-0.39, 0.29) is 23.3 Å². The van der Waals surface area contributed by atoms with Gasteiger partial charge >= 0.3 is 0 Å². The fraction of sp³-hybridized carbons (Fsp3) is 0.222. The van der Waals surface area contributed by atoms with Crippen LogP contribution in [0.15, 0.2) is 66.7 Å². The van der Waals surface area contributed by atoms with E-state index in [9.17, 15) is 14.4 Å². The number of hydrogen-bond acceptors (Lipinski definition) is 5. The molecule has 1 aliphatic rings. The Hall–Kier alpha value is -3.75. The quantitative estimate of drug-likeness (QED) is 0.554. The predicted octanol–water partition coefficient (Wildman–Crippen LogP) is 4.44. The Morgan fingerprint density at radius 1 is 1.03 bits per heavy atom. The Morgan fingerprint density at radius 2 is 1.63 bits per heavy atom. The van der Waals surface area contributed by atoms with Crippen LogP contribution in [0.4, 0.5) is 4.39 Å². The molecular weight excluding hydrogens is 467 g/mol. The number of ether oxygens (including phenoxy) is 1. The number of nitriles is 2. The minimum absolute atomic E-state index is 0.126. The molecule has 0 saturated carbocycles. The molecule has 1 N–H and O–H groups in total. The molecule has 6 nitrogen and oxygen atoms in total. The molecule has 35 heavy (non-hydrogen) atoms. The Kier molecular flexibility index (Phi) is 7.43. The Balaban J connectivity index is 1.60. The summed E-state index contributed by atoms with van der Waals surface area (Å²) in [4.78, 5) is 15.0. The van der Waals surface area contributed by atoms with Gasteiger partial charge in [-0.15, -0.1) is 0 Å². The fourth-order valence-electron chi connectivity index (χ4n) is 4.41. The number of likely N-dealkylation sites (tertiary alicyclic amines) is 1. The summed E-state index contributed by atoms with van der Waals surface area (Å²) in [5.41, 5.74) is 2.56. The molecule has 1 fully saturated rings. The first kappa shape index (κ1) is 24.4. The molecule has 1 unspecified atom stereocenters. The number of methoxy groups -OCH3 is 1. The van der Waals surface area contributed by atoms with Gasteiger partial charge in [0.25, 0.3) is 5.91 Å². The molecule has 3 aromatic carbocycles. The van der Waals surface area contributed by atoms with Gasteiger partial charge in [0.1, 0.15) is 5.82 Å². The summed E-state index contributed by atoms with van der Waals surface area (Å²) in [6.07, 6.45) is -0.325. The third kappa shape index (κ3) is 5.34. The van der Waals surface area contributed by atoms with Crippen molar-refractivity contribution in [3.63, 3.8) is 0 Å². The van der Waals surface area contributed by atoms with Crippen molar-refractivity contribution in [1.29, 1.82) is 10.5 Å². The highest BCUT2D eigenvalue weighted by molar-refractivity contribution is 6.30. The van der Waals surface area contributed by atoms with E-state index in [4.69, 9.17) is 21.6 Å². The van der Waals surface area contributed by atoms with Crippen LogP contribution in [0.25, 0.3) is 0 Å². The number of carbonyl (C=O) groups is 1. The molecule has 0 radical (unpaired) electrons. The normalized spacial score (nSPS) is 18.4. The molecule has 8 heteroatoms. The topological polar surface area (TPSA) is 89.2 Å². The summed E-state index contributed by atoms with van der Waals surface area (Å²) in [6.45, 7) is 0.972. The SMILES string of the molecule is CO[C@H]1CN(C(c2ccc(Cl)cc2)c2ccc(C#N)cc2)C[C@@H]1NC(=O)c1ccc(C#N)cc1F. The minimum atomic E-state index is -0.748. The lowest BCUT2D eigenvalue weighted by molar-refractivity contribution is 0.0751. The van der Waals surface area contributed by atoms with Crippen molar-refractivity contribution in [2.75, 3.05) is 20.2 Å². The summed E-state index contributed by atoms with van der Waals surface area (Å²) >= 11 is 6.11. The van der Waals surface area contributed by atoms with Crippen LogP contribution < -0.4 is 5.32 Å². The number of rotatable bonds is 6. The molecule has 0 bridgehead atoms. The zero-order valence-electron chi connectivity index (χ0n) is 18.9. The maximum atomic E-state index is 14.4. The highest BCUT2D eigenvalue weighted by Gasteiger charge is 2.38. The highest BCUT2D eigenvalue weighted by Crippen LogP contribution is 2.33. The van der Waals surface area contributed by atoms with Crippen molar-refractivity contribution < 1.29 is 13.9 Å². The van der Waals surface area contributed by atoms with Crippen molar-refractivity contribution in [2.45, 2.75) is 18.2 Å². The molecule has 1 aliphatic heterocycles. The molecule has 3 aromatic rings. The lowest BCUT2D eigenvalue weighted by Crippen LogP contribution is -2.44. The van der Waals surface area contributed by atoms with Crippen molar-refractivity contribution in [3.8, 4) is 12.1 Å². The molecule has 0 spiro atoms. The van der Waals surface area contributed by atoms with E-state index in [1.165, 1.54) is 12.1 Å². The lowest BCUT2D eigenvalue weighted by atomic mass is 9.96. The van der Waals surface area contributed by atoms with Crippen LogP contribution in [-0.2, 0) is 4.74 Å². The van der Waals surface area contributed by atoms with E-state index in [1.54, 1.807) is 19.2 Å². The Labute approximate surface area is 208 Å². The van der Waals surface area contributed by atoms with Crippen LogP contribution in [-0.4, -0.2) is 43.2 Å². The van der Waals surface area contributed by atoms with Crippen molar-refractivity contribution >= 4 is 17.5 Å². The molecular formula is C27H22ClFN4O2. The molecule has 1 saturated heterocycles. The molecule has 1 heterocycles. The summed E-state index contributed by atoms with van der Waals surface area (Å²) in [6, 6.07) is 22.1. The van der Waals surface area contributed by atoms with Crippen LogP contribution in [0.5, 0.6) is 0 Å². The number of benzene rings is 3. The number of nitrogens with zero attached hydrogens (tertiary/aromatic N) is 3. The smallest absolute Gasteiger partial charge is 0.254 e. The van der Waals surface area contributed by atoms with Crippen LogP contribution in [0.2, 0.25) is 5.02 Å². The number of hydrogen-bond donors (Lipinski definition) is 1. The second-order valence-corrected chi connectivity index (χ2v) is 8.74. The van der Waals surface area contributed by atoms with Gasteiger partial charge in [0.15, 0.2) is 0 Å². The van der Waals surface area contributed by atoms with Gasteiger partial charge in [0.05, 0.1) is 47.0 Å². The largest absolute Gasteiger partial charge is 0.378 e. The van der Waals surface area contributed by atoms with Crippen molar-refractivity contribution in [3.05, 3.63) is 105 Å². The molecule has 176 valence electrons. The van der Waals surface area contributed by atoms with Gasteiger partial charge in [-0.05, 0) is 53.6 Å². The van der Waals surface area contributed by atoms with Gasteiger partial charge in [-0.25, -0.2) is 4.39 Å². The summed E-state index contributed by atoms with van der Waals surface area (Å²) < 4.78 is 20.1. The van der Waals surface area contributed by atoms with Crippen molar-refractivity contribution in [1.82, 2.24) is 10.2 Å². The van der Waals surface area contributed by atoms with Crippen LogP contribution >= 0.6 is 11.6 Å². The third-order valence-electron chi connectivity index (χ3n) is 6.16. The second-order valence-electron chi connectivity index (χ2n) is 8.30. The third-order valence-corrected chi connectivity index (χ3v) is 6.41. The average molecular weight is 489 g/mol. The van der Waals surface area contributed by atoms with E-state index in [2.05, 4.69) is 16.3 Å². The van der Waals surface area contributed by atoms with Crippen LogP contribution in [0.1, 0.15) is 38.7 Å². The lowest BCUT2D eigenvalue weighted by Gasteiger charge is -2.29. The van der Waals surface area contributed by atoms with Gasteiger partial charge in [-0.3, -0.25) is 9.69 Å². The van der Waals surface area contributed by atoms with Gasteiger partial charge in [0.2, 0.25) is 0 Å². The van der Waals surface area contributed by atoms with E-state index < -0.39 is 17.8 Å². The van der Waals surface area contributed by atoms with E-state index in [1.807, 2.05) is 42.5 Å². The first-order chi connectivity index (χ1) is 16.9. The Morgan fingerprint density at radius 3 is 2.20 bits per heavy atom. The maximum Gasteiger partial charge on any atom is 0.254 e. The Bertz CT molecular complexity index is 1300. The van der Waals surface area contributed by atoms with Crippen molar-refractivity contribution in [2.24, 2.45) is 0 Å². The number of nitrogens with one attached hydrogen (secondary N) is 1. The molecule has 3 atom stereocenters. The van der Waals surface area contributed by atoms with Gasteiger partial charge in [-0.2, -0.15) is 10.5 Å². The van der Waals surface area contributed by atoms with Gasteiger partial charge < -0.3 is 10.1 Å². The zero-order valence-corrected chi connectivity index (χ0v) is 19.7. The fourth-order valence-corrected chi connectivity index (χ4v) is 4.53. The monoisotopic (exact) mass is 488 g/mol. The highest BCUT2D eigenvalue weighted by atomic mass is 35.5. The zero-order chi connectivity index (χ0) is 24.9. The number of halogens is 2. The first-order valence-corrected chi connectivity index (χ1v) is 11.3. The van der Waals surface area contributed by atoms with E-state index >= 15 is 0 Å². The first-order valence-electron chi connectivity index (χ1n) is 11.0. The summed E-state index contributed by atoms with van der Waals surface area (Å²) in [7, 11) is 1.58. The van der Waals surface area contributed by atoms with Crippen LogP contribution in [0.3, 0.4) is 0 Å². The van der Waals surface area contributed by atoms with E-state index in [0.717, 1.165) is 17.2 Å². The predicted molar refractivity (Wildman–Crippen MR) is 129 cm³/mol. The summed E-state index contributed by atoms with van der Waals surface area (Å²) in [5.74, 6) is -1.32. The molecule has 0 aliphatic carbocycles. The van der Waals surface area contributed by atoms with E-state index in [0.29, 0.717) is 23.7 Å². The average Bonchev–Trinajstić information content (AvgIpc) is 3.27. The second kappa shape index (κ2) is 10.7. The standard InChI is InChI=1S/C27H22ClFN4O2/c1-35-25-16-33(15-24(25)32-27(34)22-11-4-18(14-31)12-23(22)29)26(20-7-9-21(28)10-8-20)19-5-2-17(13-30)3-6-19/h2-12,24-26H,15-16H2,1H3,(H,32,34)/t24-,25-,26?/m0/s1. The van der Waals surface area contributed by atoms with Crippen LogP contribution in [0, 0.1) is 28.5 Å². The number of carbonyl (C=O) groups excluding carboxylic acids is 1. The number of amides is 1. The molecule has 4 rings (SSSR count). The van der Waals surface area contributed by atoms with Gasteiger partial charge in [0, 0.05) is 25.2 Å². The van der Waals surface area contributed by atoms with Gasteiger partial charge in [-0.1, -0.05) is 35.9 Å². The minimum Gasteiger partial charge on any atom is -0.378 e. The summed E-state index contributed by atoms with van der Waals surface area (Å²) in [5, 5.41) is 21.6. The molecule has 1 amide bonds. The molecule has 0 aromatic heterocycles.